The van der Waals surface area contributed by atoms with Gasteiger partial charge in [0.25, 0.3) is 5.56 Å². The van der Waals surface area contributed by atoms with Gasteiger partial charge in [0.1, 0.15) is 0 Å². The molecule has 1 heterocycles. The highest BCUT2D eigenvalue weighted by molar-refractivity contribution is 7.92. The second-order valence-corrected chi connectivity index (χ2v) is 12.6. The molecule has 1 fully saturated rings. The Hall–Kier alpha value is -4.39. The van der Waals surface area contributed by atoms with E-state index in [9.17, 15) is 27.9 Å². The minimum atomic E-state index is -3.38. The van der Waals surface area contributed by atoms with Gasteiger partial charge in [0.15, 0.2) is 15.9 Å². The van der Waals surface area contributed by atoms with Gasteiger partial charge in [-0.2, -0.15) is 0 Å². The van der Waals surface area contributed by atoms with Gasteiger partial charge in [-0.15, -0.1) is 12.4 Å². The molecule has 1 aromatic heterocycles. The lowest BCUT2D eigenvalue weighted by Gasteiger charge is -2.17. The van der Waals surface area contributed by atoms with Gasteiger partial charge in [0.05, 0.1) is 16.8 Å². The third kappa shape index (κ3) is 7.57. The molecule has 0 aliphatic heterocycles. The van der Waals surface area contributed by atoms with Crippen molar-refractivity contribution in [2.45, 2.75) is 42.0 Å². The van der Waals surface area contributed by atoms with E-state index < -0.39 is 27.9 Å². The van der Waals surface area contributed by atoms with E-state index in [1.165, 1.54) is 6.07 Å². The van der Waals surface area contributed by atoms with Crippen LogP contribution < -0.4 is 21.5 Å². The average Bonchev–Trinajstić information content (AvgIpc) is 3.84. The predicted molar refractivity (Wildman–Crippen MR) is 170 cm³/mol. The molecule has 0 radical (unpaired) electrons. The molecule has 13 heteroatoms. The standard InChI is InChI=1S/C31H32N4O7S.ClH/c1-32-18-22-16-23(8-11-27(22)43(40,41)25-9-10-25)35-31(39)42-15-13-19-2-4-21(5-3-19)28(30(37)38)34-24-7-6-20-12-14-33-29(36)26(20)17-24;/h2-8,11-12,14,16-17,25,28,32,34H,9-10,13,15,18H2,1H3,(H,33,36)(H,35,39)(H,37,38);1H. The van der Waals surface area contributed by atoms with Gasteiger partial charge in [-0.05, 0) is 78.4 Å². The van der Waals surface area contributed by atoms with Crippen LogP contribution in [-0.2, 0) is 32.3 Å². The Morgan fingerprint density at radius 1 is 1.02 bits per heavy atom. The van der Waals surface area contributed by atoms with Gasteiger partial charge in [0, 0.05) is 35.9 Å². The highest BCUT2D eigenvalue weighted by atomic mass is 35.5. The maximum Gasteiger partial charge on any atom is 0.411 e. The Labute approximate surface area is 260 Å². The van der Waals surface area contributed by atoms with Gasteiger partial charge in [-0.1, -0.05) is 30.3 Å². The lowest BCUT2D eigenvalue weighted by Crippen LogP contribution is -2.20. The Morgan fingerprint density at radius 3 is 2.43 bits per heavy atom. The molecule has 0 saturated heterocycles. The van der Waals surface area contributed by atoms with Crippen LogP contribution in [0.1, 0.15) is 35.6 Å². The number of fused-ring (bicyclic) bond motifs is 1. The van der Waals surface area contributed by atoms with Gasteiger partial charge < -0.3 is 25.5 Å². The summed E-state index contributed by atoms with van der Waals surface area (Å²) < 4.78 is 30.8. The molecule has 0 spiro atoms. The molecule has 4 aromatic rings. The van der Waals surface area contributed by atoms with Crippen molar-refractivity contribution in [1.82, 2.24) is 10.3 Å². The number of sulfone groups is 1. The monoisotopic (exact) mass is 640 g/mol. The van der Waals surface area contributed by atoms with Crippen molar-refractivity contribution >= 4 is 56.5 Å². The van der Waals surface area contributed by atoms with Crippen molar-refractivity contribution in [3.8, 4) is 0 Å². The van der Waals surface area contributed by atoms with E-state index in [1.807, 2.05) is 0 Å². The second kappa shape index (κ2) is 13.9. The molecular formula is C31H33ClN4O7S. The number of aromatic nitrogens is 1. The van der Waals surface area contributed by atoms with E-state index in [4.69, 9.17) is 4.74 Å². The number of rotatable bonds is 12. The van der Waals surface area contributed by atoms with Gasteiger partial charge >= 0.3 is 12.1 Å². The zero-order valence-corrected chi connectivity index (χ0v) is 25.5. The number of pyridine rings is 1. The number of hydrogen-bond acceptors (Lipinski definition) is 8. The molecule has 44 heavy (non-hydrogen) atoms. The first kappa shape index (κ1) is 32.5. The normalized spacial score (nSPS) is 13.5. The smallest absolute Gasteiger partial charge is 0.411 e. The van der Waals surface area contributed by atoms with Crippen molar-refractivity contribution in [2.75, 3.05) is 24.3 Å². The van der Waals surface area contributed by atoms with Crippen molar-refractivity contribution < 1.29 is 27.9 Å². The molecule has 1 amide bonds. The van der Waals surface area contributed by atoms with E-state index in [-0.39, 0.29) is 34.7 Å². The lowest BCUT2D eigenvalue weighted by atomic mass is 10.0. The number of ether oxygens (including phenoxy) is 1. The van der Waals surface area contributed by atoms with E-state index >= 15 is 0 Å². The number of carbonyl (C=O) groups is 2. The number of amides is 1. The Bertz CT molecular complexity index is 1820. The van der Waals surface area contributed by atoms with Crippen molar-refractivity contribution in [2.24, 2.45) is 0 Å². The van der Waals surface area contributed by atoms with Crippen LogP contribution in [0.5, 0.6) is 0 Å². The van der Waals surface area contributed by atoms with Crippen LogP contribution >= 0.6 is 12.4 Å². The number of nitrogens with one attached hydrogen (secondary N) is 4. The summed E-state index contributed by atoms with van der Waals surface area (Å²) in [5.41, 5.74) is 2.60. The molecule has 1 aliphatic carbocycles. The first-order chi connectivity index (χ1) is 20.7. The molecule has 1 atom stereocenters. The second-order valence-electron chi connectivity index (χ2n) is 10.4. The third-order valence-corrected chi connectivity index (χ3v) is 9.57. The summed E-state index contributed by atoms with van der Waals surface area (Å²) in [6.45, 7) is 0.414. The number of anilines is 2. The zero-order valence-electron chi connectivity index (χ0n) is 23.8. The third-order valence-electron chi connectivity index (χ3n) is 7.21. The average molecular weight is 641 g/mol. The molecule has 232 valence electrons. The summed E-state index contributed by atoms with van der Waals surface area (Å²) >= 11 is 0. The summed E-state index contributed by atoms with van der Waals surface area (Å²) in [5.74, 6) is -1.08. The van der Waals surface area contributed by atoms with E-state index in [2.05, 4.69) is 20.9 Å². The van der Waals surface area contributed by atoms with Crippen LogP contribution in [0, 0.1) is 0 Å². The summed E-state index contributed by atoms with van der Waals surface area (Å²) in [7, 11) is -1.66. The van der Waals surface area contributed by atoms with Gasteiger partial charge in [0.2, 0.25) is 0 Å². The minimum absolute atomic E-state index is 0. The molecule has 1 unspecified atom stereocenters. The predicted octanol–water partition coefficient (Wildman–Crippen LogP) is 4.63. The maximum atomic E-state index is 12.7. The summed E-state index contributed by atoms with van der Waals surface area (Å²) in [4.78, 5) is 39.5. The Morgan fingerprint density at radius 2 is 1.75 bits per heavy atom. The number of H-pyrrole nitrogens is 1. The SMILES string of the molecule is CNCc1cc(NC(=O)OCCc2ccc(C(Nc3ccc4cc[nH]c(=O)c4c3)C(=O)O)cc2)ccc1S(=O)(=O)C1CC1.Cl. The number of aliphatic carboxylic acids is 1. The van der Waals surface area contributed by atoms with Crippen LogP contribution in [0.2, 0.25) is 0 Å². The van der Waals surface area contributed by atoms with E-state index in [0.717, 1.165) is 10.9 Å². The van der Waals surface area contributed by atoms with Crippen molar-refractivity contribution in [3.05, 3.63) is 100.0 Å². The van der Waals surface area contributed by atoms with Crippen LogP contribution in [0.3, 0.4) is 0 Å². The molecule has 3 aromatic carbocycles. The summed E-state index contributed by atoms with van der Waals surface area (Å²) in [6.07, 6.45) is 2.62. The number of halogens is 1. The lowest BCUT2D eigenvalue weighted by molar-refractivity contribution is -0.138. The zero-order chi connectivity index (χ0) is 30.6. The van der Waals surface area contributed by atoms with E-state index in [1.54, 1.807) is 73.9 Å². The number of carbonyl (C=O) groups excluding carboxylic acids is 1. The molecule has 1 saturated carbocycles. The highest BCUT2D eigenvalue weighted by Gasteiger charge is 2.38. The first-order valence-electron chi connectivity index (χ1n) is 13.8. The summed E-state index contributed by atoms with van der Waals surface area (Å²) in [5, 5.41) is 19.3. The van der Waals surface area contributed by atoms with Crippen LogP contribution in [-0.4, -0.2) is 49.5 Å². The Balaban J connectivity index is 0.00000442. The van der Waals surface area contributed by atoms with Crippen LogP contribution in [0.4, 0.5) is 16.2 Å². The molecule has 5 rings (SSSR count). The van der Waals surface area contributed by atoms with Gasteiger partial charge in [-0.25, -0.2) is 18.0 Å². The number of hydrogen-bond donors (Lipinski definition) is 5. The quantitative estimate of drug-likeness (QED) is 0.148. The fourth-order valence-corrected chi connectivity index (χ4v) is 6.71. The number of benzene rings is 3. The summed E-state index contributed by atoms with van der Waals surface area (Å²) in [6, 6.07) is 17.4. The Kier molecular flexibility index (Phi) is 10.3. The molecule has 11 nitrogen and oxygen atoms in total. The minimum Gasteiger partial charge on any atom is -0.479 e. The van der Waals surface area contributed by atoms with Crippen LogP contribution in [0.15, 0.2) is 82.6 Å². The van der Waals surface area contributed by atoms with Gasteiger partial charge in [-0.3, -0.25) is 10.1 Å². The highest BCUT2D eigenvalue weighted by Crippen LogP contribution is 2.35. The molecule has 0 bridgehead atoms. The molecule has 1 aliphatic rings. The number of carboxylic acids is 1. The van der Waals surface area contributed by atoms with E-state index in [0.29, 0.717) is 53.7 Å². The van der Waals surface area contributed by atoms with Crippen molar-refractivity contribution in [3.63, 3.8) is 0 Å². The number of carboxylic acid groups (broad SMARTS) is 1. The molecule has 5 N–H and O–H groups in total. The van der Waals surface area contributed by atoms with Crippen molar-refractivity contribution in [1.29, 1.82) is 0 Å². The largest absolute Gasteiger partial charge is 0.479 e. The van der Waals surface area contributed by atoms with Crippen LogP contribution in [0.25, 0.3) is 10.8 Å². The molecular weight excluding hydrogens is 608 g/mol. The fraction of sp³-hybridized carbons (Fsp3) is 0.258. The first-order valence-corrected chi connectivity index (χ1v) is 15.3. The topological polar surface area (TPSA) is 167 Å². The fourth-order valence-electron chi connectivity index (χ4n) is 4.84. The maximum absolute atomic E-state index is 12.7. The number of aromatic amines is 1.